The molecule has 0 radical (unpaired) electrons. The Bertz CT molecular complexity index is 699. The fourth-order valence-electron chi connectivity index (χ4n) is 2.69. The van der Waals surface area contributed by atoms with Gasteiger partial charge in [-0.1, -0.05) is 0 Å². The van der Waals surface area contributed by atoms with E-state index in [9.17, 15) is 4.79 Å². The van der Waals surface area contributed by atoms with E-state index in [0.29, 0.717) is 31.2 Å². The number of rotatable bonds is 3. The minimum atomic E-state index is -0.238. The number of amides is 1. The van der Waals surface area contributed by atoms with Crippen molar-refractivity contribution in [3.05, 3.63) is 18.5 Å². The zero-order chi connectivity index (χ0) is 16.2. The van der Waals surface area contributed by atoms with Crippen molar-refractivity contribution in [2.45, 2.75) is 25.8 Å². The molecule has 0 spiro atoms. The van der Waals surface area contributed by atoms with Crippen molar-refractivity contribution in [2.75, 3.05) is 30.7 Å². The summed E-state index contributed by atoms with van der Waals surface area (Å²) < 4.78 is 5.03. The molecule has 1 amide bonds. The van der Waals surface area contributed by atoms with Gasteiger partial charge in [-0.25, -0.2) is 19.7 Å². The van der Waals surface area contributed by atoms with Gasteiger partial charge in [0.25, 0.3) is 0 Å². The molecule has 0 atom stereocenters. The first-order chi connectivity index (χ1) is 11.2. The Labute approximate surface area is 134 Å². The van der Waals surface area contributed by atoms with E-state index in [1.807, 2.05) is 13.0 Å². The number of nitrogens with zero attached hydrogens (tertiary/aromatic N) is 4. The molecule has 122 valence electrons. The fraction of sp³-hybridized carbons (Fsp3) is 0.467. The summed E-state index contributed by atoms with van der Waals surface area (Å²) in [7, 11) is 0. The number of anilines is 2. The van der Waals surface area contributed by atoms with Gasteiger partial charge >= 0.3 is 6.09 Å². The average Bonchev–Trinajstić information content (AvgIpc) is 2.55. The van der Waals surface area contributed by atoms with E-state index in [-0.39, 0.29) is 12.1 Å². The maximum atomic E-state index is 11.7. The predicted molar refractivity (Wildman–Crippen MR) is 87.0 cm³/mol. The van der Waals surface area contributed by atoms with Crippen LogP contribution in [0.5, 0.6) is 0 Å². The molecular weight excluding hydrogens is 296 g/mol. The van der Waals surface area contributed by atoms with E-state index in [2.05, 4.69) is 20.3 Å². The summed E-state index contributed by atoms with van der Waals surface area (Å²) in [6, 6.07) is 3.85. The molecule has 0 unspecified atom stereocenters. The highest BCUT2D eigenvalue weighted by Gasteiger charge is 2.24. The molecule has 3 heterocycles. The molecule has 3 rings (SSSR count). The summed E-state index contributed by atoms with van der Waals surface area (Å²) in [5.74, 6) is 1.18. The van der Waals surface area contributed by atoms with Crippen molar-refractivity contribution < 1.29 is 9.53 Å². The molecule has 1 aliphatic heterocycles. The van der Waals surface area contributed by atoms with Gasteiger partial charge in [0.15, 0.2) is 5.65 Å². The lowest BCUT2D eigenvalue weighted by molar-refractivity contribution is 0.0983. The highest BCUT2D eigenvalue weighted by atomic mass is 16.6. The first-order valence-electron chi connectivity index (χ1n) is 7.73. The number of carbonyl (C=O) groups is 1. The Morgan fingerprint density at radius 1 is 1.39 bits per heavy atom. The number of piperidine rings is 1. The third kappa shape index (κ3) is 3.41. The highest BCUT2D eigenvalue weighted by molar-refractivity contribution is 5.87. The van der Waals surface area contributed by atoms with Crippen molar-refractivity contribution in [1.29, 1.82) is 0 Å². The first-order valence-corrected chi connectivity index (χ1v) is 7.73. The maximum Gasteiger partial charge on any atom is 0.409 e. The van der Waals surface area contributed by atoms with Crippen molar-refractivity contribution in [3.8, 4) is 0 Å². The second-order valence-corrected chi connectivity index (χ2v) is 5.43. The van der Waals surface area contributed by atoms with E-state index in [0.717, 1.165) is 24.0 Å². The molecule has 1 saturated heterocycles. The van der Waals surface area contributed by atoms with Crippen molar-refractivity contribution in [2.24, 2.45) is 0 Å². The fourth-order valence-corrected chi connectivity index (χ4v) is 2.69. The number of likely N-dealkylation sites (tertiary alicyclic amines) is 1. The van der Waals surface area contributed by atoms with Crippen LogP contribution in [0.2, 0.25) is 0 Å². The van der Waals surface area contributed by atoms with Crippen LogP contribution in [-0.2, 0) is 4.74 Å². The van der Waals surface area contributed by atoms with Gasteiger partial charge in [-0.15, -0.1) is 0 Å². The number of fused-ring (bicyclic) bond motifs is 1. The number of hydrogen-bond donors (Lipinski definition) is 2. The standard InChI is InChI=1S/C15H20N6O2/c1-2-23-15(22)21-7-5-10(6-8-21)19-13-11-3-4-12(16)20-14(11)18-9-17-13/h3-4,9-10H,2,5-8H2,1H3,(H3,16,17,18,19,20). The summed E-state index contributed by atoms with van der Waals surface area (Å²) >= 11 is 0. The smallest absolute Gasteiger partial charge is 0.409 e. The number of pyridine rings is 1. The van der Waals surface area contributed by atoms with Crippen molar-refractivity contribution in [1.82, 2.24) is 19.9 Å². The Kier molecular flexibility index (Phi) is 4.40. The van der Waals surface area contributed by atoms with Crippen LogP contribution >= 0.6 is 0 Å². The Hall–Kier alpha value is -2.64. The number of nitrogen functional groups attached to an aromatic ring is 1. The number of hydrogen-bond acceptors (Lipinski definition) is 7. The zero-order valence-corrected chi connectivity index (χ0v) is 13.0. The molecule has 3 N–H and O–H groups in total. The van der Waals surface area contributed by atoms with Crippen LogP contribution in [0.3, 0.4) is 0 Å². The van der Waals surface area contributed by atoms with Gasteiger partial charge in [0.2, 0.25) is 0 Å². The van der Waals surface area contributed by atoms with Gasteiger partial charge < -0.3 is 20.7 Å². The van der Waals surface area contributed by atoms with Crippen LogP contribution in [-0.4, -0.2) is 51.7 Å². The van der Waals surface area contributed by atoms with E-state index in [1.54, 1.807) is 11.0 Å². The molecule has 1 aliphatic rings. The SMILES string of the molecule is CCOC(=O)N1CCC(Nc2ncnc3nc(N)ccc23)CC1. The monoisotopic (exact) mass is 316 g/mol. The lowest BCUT2D eigenvalue weighted by atomic mass is 10.1. The molecule has 0 aromatic carbocycles. The van der Waals surface area contributed by atoms with Crippen molar-refractivity contribution in [3.63, 3.8) is 0 Å². The normalized spacial score (nSPS) is 15.6. The van der Waals surface area contributed by atoms with Gasteiger partial charge in [0, 0.05) is 19.1 Å². The minimum Gasteiger partial charge on any atom is -0.450 e. The van der Waals surface area contributed by atoms with E-state index < -0.39 is 0 Å². The van der Waals surface area contributed by atoms with Crippen LogP contribution < -0.4 is 11.1 Å². The highest BCUT2D eigenvalue weighted by Crippen LogP contribution is 2.22. The molecule has 0 saturated carbocycles. The number of carbonyl (C=O) groups excluding carboxylic acids is 1. The van der Waals surface area contributed by atoms with Crippen molar-refractivity contribution >= 4 is 28.8 Å². The number of aromatic nitrogens is 3. The molecule has 0 bridgehead atoms. The van der Waals surface area contributed by atoms with E-state index in [4.69, 9.17) is 10.5 Å². The lowest BCUT2D eigenvalue weighted by Gasteiger charge is -2.32. The summed E-state index contributed by atoms with van der Waals surface area (Å²) in [4.78, 5) is 26.1. The van der Waals surface area contributed by atoms with Gasteiger partial charge in [0.05, 0.1) is 12.0 Å². The minimum absolute atomic E-state index is 0.238. The first kappa shape index (κ1) is 15.3. The van der Waals surface area contributed by atoms with Crippen LogP contribution in [0.1, 0.15) is 19.8 Å². The Balaban J connectivity index is 1.66. The zero-order valence-electron chi connectivity index (χ0n) is 13.0. The molecule has 8 heteroatoms. The molecule has 2 aromatic rings. The third-order valence-electron chi connectivity index (χ3n) is 3.88. The van der Waals surface area contributed by atoms with Gasteiger partial charge in [-0.2, -0.15) is 0 Å². The molecule has 0 aliphatic carbocycles. The summed E-state index contributed by atoms with van der Waals surface area (Å²) in [5, 5.41) is 4.27. The maximum absolute atomic E-state index is 11.7. The average molecular weight is 316 g/mol. The van der Waals surface area contributed by atoms with E-state index in [1.165, 1.54) is 6.33 Å². The van der Waals surface area contributed by atoms with Crippen LogP contribution in [0.25, 0.3) is 11.0 Å². The number of nitrogens with two attached hydrogens (primary N) is 1. The van der Waals surface area contributed by atoms with E-state index >= 15 is 0 Å². The predicted octanol–water partition coefficient (Wildman–Crippen LogP) is 1.64. The number of nitrogens with one attached hydrogen (secondary N) is 1. The second-order valence-electron chi connectivity index (χ2n) is 5.43. The second kappa shape index (κ2) is 6.64. The summed E-state index contributed by atoms with van der Waals surface area (Å²) in [5.41, 5.74) is 6.26. The molecule has 2 aromatic heterocycles. The summed E-state index contributed by atoms with van der Waals surface area (Å²) in [6.07, 6.45) is 2.92. The van der Waals surface area contributed by atoms with Gasteiger partial charge in [0.1, 0.15) is 18.0 Å². The van der Waals surface area contributed by atoms with Gasteiger partial charge in [-0.3, -0.25) is 0 Å². The van der Waals surface area contributed by atoms with Crippen LogP contribution in [0.15, 0.2) is 18.5 Å². The van der Waals surface area contributed by atoms with Crippen LogP contribution in [0.4, 0.5) is 16.4 Å². The number of ether oxygens (including phenoxy) is 1. The third-order valence-corrected chi connectivity index (χ3v) is 3.88. The summed E-state index contributed by atoms with van der Waals surface area (Å²) in [6.45, 7) is 3.56. The Morgan fingerprint density at radius 2 is 2.17 bits per heavy atom. The molecule has 1 fully saturated rings. The molecular formula is C15H20N6O2. The van der Waals surface area contributed by atoms with Crippen LogP contribution in [0, 0.1) is 0 Å². The molecule has 8 nitrogen and oxygen atoms in total. The quantitative estimate of drug-likeness (QED) is 0.886. The molecule has 23 heavy (non-hydrogen) atoms. The topological polar surface area (TPSA) is 106 Å². The Morgan fingerprint density at radius 3 is 2.91 bits per heavy atom. The lowest BCUT2D eigenvalue weighted by Crippen LogP contribution is -2.42. The largest absolute Gasteiger partial charge is 0.450 e. The van der Waals surface area contributed by atoms with Gasteiger partial charge in [-0.05, 0) is 31.9 Å².